The summed E-state index contributed by atoms with van der Waals surface area (Å²) in [4.78, 5) is 6.84. The van der Waals surface area contributed by atoms with Crippen LogP contribution in [0.5, 0.6) is 5.75 Å². The van der Waals surface area contributed by atoms with Gasteiger partial charge >= 0.3 is 0 Å². The first-order chi connectivity index (χ1) is 15.2. The fourth-order valence-electron chi connectivity index (χ4n) is 4.02. The van der Waals surface area contributed by atoms with Gasteiger partial charge in [-0.15, -0.1) is 24.0 Å². The number of guanidine groups is 1. The van der Waals surface area contributed by atoms with Gasteiger partial charge in [0.05, 0.1) is 6.20 Å². The number of ether oxygens (including phenoxy) is 1. The lowest BCUT2D eigenvalue weighted by Crippen LogP contribution is -2.40. The number of nitrogens with one attached hydrogen (secondary N) is 1. The van der Waals surface area contributed by atoms with Crippen molar-refractivity contribution < 1.29 is 4.74 Å². The standard InChI is InChI=1S/C25H31N5O.HI/c1-26-25(30-15-13-22(18-30)23-16-28-29(2)17-23)27-14-12-20-8-10-24(11-9-20)31-19-21-6-4-3-5-7-21;/h3-11,16-17,22H,12-15,18-19H2,1-2H3,(H,26,27);1H. The molecule has 1 unspecified atom stereocenters. The molecule has 0 aliphatic carbocycles. The van der Waals surface area contributed by atoms with Crippen molar-refractivity contribution in [1.82, 2.24) is 20.0 Å². The van der Waals surface area contributed by atoms with E-state index in [4.69, 9.17) is 4.74 Å². The van der Waals surface area contributed by atoms with Crippen LogP contribution < -0.4 is 10.1 Å². The van der Waals surface area contributed by atoms with E-state index in [1.165, 1.54) is 16.7 Å². The minimum absolute atomic E-state index is 0. The predicted octanol–water partition coefficient (Wildman–Crippen LogP) is 4.22. The molecule has 0 amide bonds. The van der Waals surface area contributed by atoms with Crippen LogP contribution in [0.3, 0.4) is 0 Å². The Bertz CT molecular complexity index is 987. The minimum Gasteiger partial charge on any atom is -0.489 e. The first kappa shape index (κ1) is 24.1. The van der Waals surface area contributed by atoms with E-state index >= 15 is 0 Å². The second kappa shape index (κ2) is 11.9. The number of benzene rings is 2. The summed E-state index contributed by atoms with van der Waals surface area (Å²) in [7, 11) is 3.83. The van der Waals surface area contributed by atoms with Gasteiger partial charge in [0, 0.05) is 45.8 Å². The van der Waals surface area contributed by atoms with Crippen molar-refractivity contribution in [2.24, 2.45) is 12.0 Å². The Morgan fingerprint density at radius 2 is 1.91 bits per heavy atom. The summed E-state index contributed by atoms with van der Waals surface area (Å²) < 4.78 is 7.75. The lowest BCUT2D eigenvalue weighted by atomic mass is 10.0. The van der Waals surface area contributed by atoms with Gasteiger partial charge in [0.25, 0.3) is 0 Å². The molecule has 2 aromatic carbocycles. The molecule has 3 aromatic rings. The van der Waals surface area contributed by atoms with Crippen molar-refractivity contribution in [3.63, 3.8) is 0 Å². The molecule has 1 aromatic heterocycles. The zero-order chi connectivity index (χ0) is 21.5. The van der Waals surface area contributed by atoms with Crippen LogP contribution in [0, 0.1) is 0 Å². The molecular weight excluding hydrogens is 513 g/mol. The van der Waals surface area contributed by atoms with Gasteiger partial charge in [0.15, 0.2) is 5.96 Å². The van der Waals surface area contributed by atoms with E-state index in [1.54, 1.807) is 0 Å². The molecule has 0 bridgehead atoms. The monoisotopic (exact) mass is 545 g/mol. The Labute approximate surface area is 207 Å². The molecule has 0 radical (unpaired) electrons. The number of halogens is 1. The molecule has 0 spiro atoms. The minimum atomic E-state index is 0. The number of rotatable bonds is 7. The maximum absolute atomic E-state index is 5.88. The van der Waals surface area contributed by atoms with Gasteiger partial charge in [0.2, 0.25) is 0 Å². The van der Waals surface area contributed by atoms with Crippen LogP contribution in [0.2, 0.25) is 0 Å². The first-order valence-corrected chi connectivity index (χ1v) is 10.9. The average molecular weight is 545 g/mol. The Kier molecular flexibility index (Phi) is 8.96. The molecular formula is C25H32IN5O. The zero-order valence-corrected chi connectivity index (χ0v) is 21.1. The quantitative estimate of drug-likeness (QED) is 0.275. The Morgan fingerprint density at radius 1 is 1.12 bits per heavy atom. The molecule has 7 heteroatoms. The molecule has 32 heavy (non-hydrogen) atoms. The third-order valence-electron chi connectivity index (χ3n) is 5.76. The zero-order valence-electron chi connectivity index (χ0n) is 18.8. The van der Waals surface area contributed by atoms with E-state index in [9.17, 15) is 0 Å². The van der Waals surface area contributed by atoms with E-state index in [-0.39, 0.29) is 24.0 Å². The molecule has 1 saturated heterocycles. The maximum atomic E-state index is 5.88. The number of aliphatic imine (C=N–C) groups is 1. The van der Waals surface area contributed by atoms with Gasteiger partial charge in [-0.2, -0.15) is 5.10 Å². The highest BCUT2D eigenvalue weighted by atomic mass is 127. The van der Waals surface area contributed by atoms with E-state index in [1.807, 2.05) is 55.3 Å². The molecule has 4 rings (SSSR count). The van der Waals surface area contributed by atoms with E-state index < -0.39 is 0 Å². The summed E-state index contributed by atoms with van der Waals surface area (Å²) in [5, 5.41) is 7.83. The van der Waals surface area contributed by atoms with E-state index in [0.29, 0.717) is 12.5 Å². The van der Waals surface area contributed by atoms with Crippen molar-refractivity contribution in [3.8, 4) is 5.75 Å². The lowest BCUT2D eigenvalue weighted by Gasteiger charge is -2.21. The number of likely N-dealkylation sites (tertiary alicyclic amines) is 1. The summed E-state index contributed by atoms with van der Waals surface area (Å²) >= 11 is 0. The van der Waals surface area contributed by atoms with Crippen molar-refractivity contribution in [2.45, 2.75) is 25.4 Å². The molecule has 1 aliphatic rings. The highest BCUT2D eigenvalue weighted by Gasteiger charge is 2.26. The van der Waals surface area contributed by atoms with Gasteiger partial charge in [-0.1, -0.05) is 42.5 Å². The Balaban J connectivity index is 0.00000289. The van der Waals surface area contributed by atoms with Crippen LogP contribution in [0.4, 0.5) is 0 Å². The van der Waals surface area contributed by atoms with Crippen molar-refractivity contribution >= 4 is 29.9 Å². The van der Waals surface area contributed by atoms with E-state index in [0.717, 1.165) is 44.2 Å². The molecule has 170 valence electrons. The fourth-order valence-corrected chi connectivity index (χ4v) is 4.02. The van der Waals surface area contributed by atoms with Gasteiger partial charge in [-0.05, 0) is 41.7 Å². The molecule has 2 heterocycles. The number of nitrogens with zero attached hydrogens (tertiary/aromatic N) is 4. The summed E-state index contributed by atoms with van der Waals surface area (Å²) in [6.07, 6.45) is 6.18. The van der Waals surface area contributed by atoms with Gasteiger partial charge < -0.3 is 15.0 Å². The highest BCUT2D eigenvalue weighted by Crippen LogP contribution is 2.26. The predicted molar refractivity (Wildman–Crippen MR) is 140 cm³/mol. The summed E-state index contributed by atoms with van der Waals surface area (Å²) in [5.41, 5.74) is 3.77. The summed E-state index contributed by atoms with van der Waals surface area (Å²) in [5.74, 6) is 2.40. The smallest absolute Gasteiger partial charge is 0.193 e. The fraction of sp³-hybridized carbons (Fsp3) is 0.360. The molecule has 1 N–H and O–H groups in total. The Morgan fingerprint density at radius 3 is 2.59 bits per heavy atom. The van der Waals surface area contributed by atoms with Crippen LogP contribution in [0.15, 0.2) is 72.0 Å². The van der Waals surface area contributed by atoms with E-state index in [2.05, 4.69) is 50.8 Å². The number of aromatic nitrogens is 2. The number of hydrogen-bond donors (Lipinski definition) is 1. The van der Waals surface area contributed by atoms with Crippen molar-refractivity contribution in [2.75, 3.05) is 26.7 Å². The molecule has 1 fully saturated rings. The normalized spacial score (nSPS) is 16.0. The lowest BCUT2D eigenvalue weighted by molar-refractivity contribution is 0.306. The second-order valence-electron chi connectivity index (χ2n) is 8.02. The molecule has 1 aliphatic heterocycles. The van der Waals surface area contributed by atoms with Crippen LogP contribution in [-0.2, 0) is 20.1 Å². The van der Waals surface area contributed by atoms with Gasteiger partial charge in [0.1, 0.15) is 12.4 Å². The third-order valence-corrected chi connectivity index (χ3v) is 5.76. The number of aryl methyl sites for hydroxylation is 1. The first-order valence-electron chi connectivity index (χ1n) is 10.9. The van der Waals surface area contributed by atoms with Crippen molar-refractivity contribution in [3.05, 3.63) is 83.7 Å². The Hall–Kier alpha value is -2.55. The van der Waals surface area contributed by atoms with Crippen molar-refractivity contribution in [1.29, 1.82) is 0 Å². The summed E-state index contributed by atoms with van der Waals surface area (Å²) in [6.45, 7) is 3.45. The number of hydrogen-bond acceptors (Lipinski definition) is 3. The van der Waals surface area contributed by atoms with Crippen LogP contribution in [0.25, 0.3) is 0 Å². The summed E-state index contributed by atoms with van der Waals surface area (Å²) in [6, 6.07) is 18.6. The third kappa shape index (κ3) is 6.48. The topological polar surface area (TPSA) is 54.7 Å². The molecule has 6 nitrogen and oxygen atoms in total. The van der Waals surface area contributed by atoms with Gasteiger partial charge in [-0.25, -0.2) is 0 Å². The second-order valence-corrected chi connectivity index (χ2v) is 8.02. The average Bonchev–Trinajstić information content (AvgIpc) is 3.46. The molecule has 1 atom stereocenters. The van der Waals surface area contributed by atoms with Crippen LogP contribution >= 0.6 is 24.0 Å². The highest BCUT2D eigenvalue weighted by molar-refractivity contribution is 14.0. The molecule has 0 saturated carbocycles. The maximum Gasteiger partial charge on any atom is 0.193 e. The largest absolute Gasteiger partial charge is 0.489 e. The SMILES string of the molecule is CN=C(NCCc1ccc(OCc2ccccc2)cc1)N1CCC(c2cnn(C)c2)C1.I. The van der Waals surface area contributed by atoms with Crippen LogP contribution in [-0.4, -0.2) is 47.3 Å². The van der Waals surface area contributed by atoms with Gasteiger partial charge in [-0.3, -0.25) is 9.67 Å². The van der Waals surface area contributed by atoms with Crippen LogP contribution in [0.1, 0.15) is 29.0 Å².